The summed E-state index contributed by atoms with van der Waals surface area (Å²) in [6.07, 6.45) is 0. The fourth-order valence-corrected chi connectivity index (χ4v) is 3.60. The van der Waals surface area contributed by atoms with Crippen molar-refractivity contribution in [3.8, 4) is 11.5 Å². The molecule has 0 saturated carbocycles. The summed E-state index contributed by atoms with van der Waals surface area (Å²) in [4.78, 5) is 17.1. The quantitative estimate of drug-likeness (QED) is 0.738. The predicted molar refractivity (Wildman–Crippen MR) is 117 cm³/mol. The van der Waals surface area contributed by atoms with Crippen molar-refractivity contribution >= 4 is 17.3 Å². The van der Waals surface area contributed by atoms with Gasteiger partial charge in [0, 0.05) is 43.6 Å². The van der Waals surface area contributed by atoms with E-state index >= 15 is 0 Å². The van der Waals surface area contributed by atoms with E-state index in [1.165, 1.54) is 11.3 Å². The molecule has 3 rings (SSSR count). The molecule has 2 aromatic rings. The molecule has 6 nitrogen and oxygen atoms in total. The van der Waals surface area contributed by atoms with Gasteiger partial charge in [0.25, 0.3) is 0 Å². The molecule has 0 atom stereocenters. The smallest absolute Gasteiger partial charge is 0.238 e. The van der Waals surface area contributed by atoms with Crippen LogP contribution in [-0.2, 0) is 4.79 Å². The second-order valence-electron chi connectivity index (χ2n) is 7.13. The summed E-state index contributed by atoms with van der Waals surface area (Å²) < 4.78 is 11.2. The molecule has 0 unspecified atom stereocenters. The number of hydrogen-bond acceptors (Lipinski definition) is 5. The number of nitrogens with zero attached hydrogens (tertiary/aromatic N) is 2. The Bertz CT molecular complexity index is 817. The zero-order valence-corrected chi connectivity index (χ0v) is 17.6. The van der Waals surface area contributed by atoms with Gasteiger partial charge in [-0.15, -0.1) is 0 Å². The van der Waals surface area contributed by atoms with Crippen LogP contribution < -0.4 is 19.7 Å². The number of aryl methyl sites for hydroxylation is 1. The number of hydrogen-bond donors (Lipinski definition) is 1. The Morgan fingerprint density at radius 2 is 1.66 bits per heavy atom. The maximum absolute atomic E-state index is 12.5. The minimum atomic E-state index is -0.0130. The fourth-order valence-electron chi connectivity index (χ4n) is 3.60. The number of rotatable bonds is 8. The molecule has 1 heterocycles. The monoisotopic (exact) mass is 397 g/mol. The zero-order valence-electron chi connectivity index (χ0n) is 17.6. The number of anilines is 2. The van der Waals surface area contributed by atoms with Gasteiger partial charge in [0.05, 0.1) is 19.8 Å². The van der Waals surface area contributed by atoms with Crippen LogP contribution in [0.1, 0.15) is 19.4 Å². The molecule has 1 N–H and O–H groups in total. The van der Waals surface area contributed by atoms with Gasteiger partial charge in [-0.05, 0) is 44.5 Å². The number of ether oxygens (including phenoxy) is 2. The Morgan fingerprint density at radius 3 is 2.34 bits per heavy atom. The molecule has 6 heteroatoms. The van der Waals surface area contributed by atoms with Gasteiger partial charge in [-0.3, -0.25) is 9.69 Å². The minimum absolute atomic E-state index is 0.0130. The number of nitrogens with one attached hydrogen (secondary N) is 1. The summed E-state index contributed by atoms with van der Waals surface area (Å²) in [6.45, 7) is 11.1. The Kier molecular flexibility index (Phi) is 7.36. The van der Waals surface area contributed by atoms with Crippen LogP contribution in [0.4, 0.5) is 11.4 Å². The van der Waals surface area contributed by atoms with Gasteiger partial charge in [0.15, 0.2) is 11.5 Å². The van der Waals surface area contributed by atoms with Crippen LogP contribution in [0, 0.1) is 6.92 Å². The average Bonchev–Trinajstić information content (AvgIpc) is 2.71. The normalized spacial score (nSPS) is 14.5. The van der Waals surface area contributed by atoms with Crippen LogP contribution in [0.2, 0.25) is 0 Å². The maximum Gasteiger partial charge on any atom is 0.238 e. The van der Waals surface area contributed by atoms with Crippen molar-refractivity contribution < 1.29 is 14.3 Å². The van der Waals surface area contributed by atoms with Crippen molar-refractivity contribution in [1.29, 1.82) is 0 Å². The van der Waals surface area contributed by atoms with Crippen LogP contribution >= 0.6 is 0 Å². The first-order valence-corrected chi connectivity index (χ1v) is 10.3. The third-order valence-electron chi connectivity index (χ3n) is 5.02. The standard InChI is InChI=1S/C23H31N3O3/c1-4-28-21-11-10-19(16-22(21)29-5-2)24-23(27)17-25-12-14-26(15-13-25)20-9-7-6-8-18(20)3/h6-11,16H,4-5,12-15,17H2,1-3H3,(H,24,27). The summed E-state index contributed by atoms with van der Waals surface area (Å²) in [7, 11) is 0. The highest BCUT2D eigenvalue weighted by molar-refractivity contribution is 5.92. The molecule has 1 fully saturated rings. The number of piperazine rings is 1. The Balaban J connectivity index is 1.52. The molecule has 1 aliphatic rings. The molecule has 1 amide bonds. The molecular formula is C23H31N3O3. The molecule has 2 aromatic carbocycles. The lowest BCUT2D eigenvalue weighted by Gasteiger charge is -2.36. The predicted octanol–water partition coefficient (Wildman–Crippen LogP) is 3.55. The Labute approximate surface area is 173 Å². The second-order valence-corrected chi connectivity index (χ2v) is 7.13. The first-order chi connectivity index (χ1) is 14.1. The van der Waals surface area contributed by atoms with Crippen molar-refractivity contribution in [3.05, 3.63) is 48.0 Å². The summed E-state index contributed by atoms with van der Waals surface area (Å²) >= 11 is 0. The molecule has 1 aliphatic heterocycles. The van der Waals surface area contributed by atoms with E-state index in [0.29, 0.717) is 31.3 Å². The second kappa shape index (κ2) is 10.2. The lowest BCUT2D eigenvalue weighted by atomic mass is 10.1. The van der Waals surface area contributed by atoms with E-state index in [1.54, 1.807) is 0 Å². The third kappa shape index (κ3) is 5.64. The van der Waals surface area contributed by atoms with Crippen LogP contribution in [0.3, 0.4) is 0 Å². The lowest BCUT2D eigenvalue weighted by Crippen LogP contribution is -2.48. The summed E-state index contributed by atoms with van der Waals surface area (Å²) in [5.74, 6) is 1.33. The van der Waals surface area contributed by atoms with E-state index in [2.05, 4.69) is 46.3 Å². The first-order valence-electron chi connectivity index (χ1n) is 10.3. The van der Waals surface area contributed by atoms with Crippen LogP contribution in [0.25, 0.3) is 0 Å². The van der Waals surface area contributed by atoms with Gasteiger partial charge in [0.2, 0.25) is 5.91 Å². The van der Waals surface area contributed by atoms with Gasteiger partial charge in [-0.2, -0.15) is 0 Å². The van der Waals surface area contributed by atoms with Crippen LogP contribution in [-0.4, -0.2) is 56.7 Å². The molecule has 0 bridgehead atoms. The largest absolute Gasteiger partial charge is 0.490 e. The third-order valence-corrected chi connectivity index (χ3v) is 5.02. The summed E-state index contributed by atoms with van der Waals surface area (Å²) in [5, 5.41) is 2.98. The molecule has 0 aliphatic carbocycles. The maximum atomic E-state index is 12.5. The zero-order chi connectivity index (χ0) is 20.6. The first kappa shape index (κ1) is 21.0. The molecular weight excluding hydrogens is 366 g/mol. The van der Waals surface area contributed by atoms with Crippen molar-refractivity contribution in [2.45, 2.75) is 20.8 Å². The number of carbonyl (C=O) groups excluding carboxylic acids is 1. The number of carbonyl (C=O) groups is 1. The van der Waals surface area contributed by atoms with Crippen molar-refractivity contribution in [3.63, 3.8) is 0 Å². The lowest BCUT2D eigenvalue weighted by molar-refractivity contribution is -0.117. The van der Waals surface area contributed by atoms with Gasteiger partial charge in [-0.1, -0.05) is 18.2 Å². The number of benzene rings is 2. The topological polar surface area (TPSA) is 54.0 Å². The van der Waals surface area contributed by atoms with Gasteiger partial charge < -0.3 is 19.7 Å². The molecule has 29 heavy (non-hydrogen) atoms. The molecule has 156 valence electrons. The van der Waals surface area contributed by atoms with E-state index in [0.717, 1.165) is 31.9 Å². The highest BCUT2D eigenvalue weighted by atomic mass is 16.5. The number of para-hydroxylation sites is 1. The molecule has 0 aromatic heterocycles. The van der Waals surface area contributed by atoms with E-state index < -0.39 is 0 Å². The van der Waals surface area contributed by atoms with Crippen LogP contribution in [0.15, 0.2) is 42.5 Å². The van der Waals surface area contributed by atoms with E-state index in [9.17, 15) is 4.79 Å². The van der Waals surface area contributed by atoms with Crippen LogP contribution in [0.5, 0.6) is 11.5 Å². The highest BCUT2D eigenvalue weighted by Gasteiger charge is 2.20. The SMILES string of the molecule is CCOc1ccc(NC(=O)CN2CCN(c3ccccc3C)CC2)cc1OCC. The minimum Gasteiger partial charge on any atom is -0.490 e. The van der Waals surface area contributed by atoms with Gasteiger partial charge in [0.1, 0.15) is 0 Å². The Morgan fingerprint density at radius 1 is 0.966 bits per heavy atom. The molecule has 0 spiro atoms. The molecule has 1 saturated heterocycles. The Hall–Kier alpha value is -2.73. The van der Waals surface area contributed by atoms with Crippen molar-refractivity contribution in [1.82, 2.24) is 4.90 Å². The van der Waals surface area contributed by atoms with Crippen molar-refractivity contribution in [2.75, 3.05) is 56.2 Å². The van der Waals surface area contributed by atoms with E-state index in [-0.39, 0.29) is 5.91 Å². The number of amides is 1. The molecule has 0 radical (unpaired) electrons. The fraction of sp³-hybridized carbons (Fsp3) is 0.435. The van der Waals surface area contributed by atoms with E-state index in [1.807, 2.05) is 32.0 Å². The van der Waals surface area contributed by atoms with Gasteiger partial charge >= 0.3 is 0 Å². The highest BCUT2D eigenvalue weighted by Crippen LogP contribution is 2.30. The van der Waals surface area contributed by atoms with Gasteiger partial charge in [-0.25, -0.2) is 0 Å². The summed E-state index contributed by atoms with van der Waals surface area (Å²) in [5.41, 5.74) is 3.30. The van der Waals surface area contributed by atoms with Crippen molar-refractivity contribution in [2.24, 2.45) is 0 Å². The summed E-state index contributed by atoms with van der Waals surface area (Å²) in [6, 6.07) is 14.0. The average molecular weight is 398 g/mol. The van der Waals surface area contributed by atoms with E-state index in [4.69, 9.17) is 9.47 Å².